The standard InChI is InChI=1S/C14H17N3O2/c1-9-13(16-8-17-14(9)15-2)11-7-10(18-3)5-6-12(11)19-4/h5-8H,1-4H3,(H,15,16,17). The van der Waals surface area contributed by atoms with Crippen LogP contribution in [0.15, 0.2) is 24.5 Å². The maximum absolute atomic E-state index is 5.39. The molecule has 100 valence electrons. The highest BCUT2D eigenvalue weighted by Crippen LogP contribution is 2.35. The largest absolute Gasteiger partial charge is 0.497 e. The zero-order valence-corrected chi connectivity index (χ0v) is 11.5. The Labute approximate surface area is 112 Å². The lowest BCUT2D eigenvalue weighted by molar-refractivity contribution is 0.404. The fraction of sp³-hybridized carbons (Fsp3) is 0.286. The molecule has 1 aromatic heterocycles. The predicted octanol–water partition coefficient (Wildman–Crippen LogP) is 2.51. The Morgan fingerprint density at radius 2 is 1.89 bits per heavy atom. The fourth-order valence-electron chi connectivity index (χ4n) is 1.97. The van der Waals surface area contributed by atoms with Crippen LogP contribution < -0.4 is 14.8 Å². The summed E-state index contributed by atoms with van der Waals surface area (Å²) in [5.41, 5.74) is 2.69. The molecule has 0 amide bonds. The van der Waals surface area contributed by atoms with Crippen molar-refractivity contribution in [3.05, 3.63) is 30.1 Å². The van der Waals surface area contributed by atoms with Gasteiger partial charge in [-0.25, -0.2) is 9.97 Å². The minimum absolute atomic E-state index is 0.754. The van der Waals surface area contributed by atoms with Crippen molar-refractivity contribution in [2.45, 2.75) is 6.92 Å². The van der Waals surface area contributed by atoms with E-state index in [1.54, 1.807) is 14.2 Å². The molecule has 5 heteroatoms. The number of methoxy groups -OCH3 is 2. The number of ether oxygens (including phenoxy) is 2. The molecule has 1 N–H and O–H groups in total. The average molecular weight is 259 g/mol. The van der Waals surface area contributed by atoms with Crippen molar-refractivity contribution in [2.24, 2.45) is 0 Å². The molecule has 0 spiro atoms. The summed E-state index contributed by atoms with van der Waals surface area (Å²) in [5.74, 6) is 2.32. The van der Waals surface area contributed by atoms with Gasteiger partial charge in [-0.3, -0.25) is 0 Å². The highest BCUT2D eigenvalue weighted by Gasteiger charge is 2.13. The van der Waals surface area contributed by atoms with E-state index >= 15 is 0 Å². The second-order valence-corrected chi connectivity index (χ2v) is 4.01. The van der Waals surface area contributed by atoms with Crippen LogP contribution in [0.2, 0.25) is 0 Å². The Balaban J connectivity index is 2.63. The predicted molar refractivity (Wildman–Crippen MR) is 74.9 cm³/mol. The van der Waals surface area contributed by atoms with Crippen molar-refractivity contribution in [2.75, 3.05) is 26.6 Å². The quantitative estimate of drug-likeness (QED) is 0.914. The Morgan fingerprint density at radius 3 is 2.53 bits per heavy atom. The third kappa shape index (κ3) is 2.45. The molecule has 0 atom stereocenters. The molecule has 0 fully saturated rings. The molecule has 0 aliphatic heterocycles. The Morgan fingerprint density at radius 1 is 1.11 bits per heavy atom. The summed E-state index contributed by atoms with van der Waals surface area (Å²) in [4.78, 5) is 8.54. The van der Waals surface area contributed by atoms with Crippen LogP contribution in [0.25, 0.3) is 11.3 Å². The van der Waals surface area contributed by atoms with Gasteiger partial charge >= 0.3 is 0 Å². The van der Waals surface area contributed by atoms with Crippen molar-refractivity contribution in [1.29, 1.82) is 0 Å². The first kappa shape index (κ1) is 13.1. The molecule has 0 bridgehead atoms. The van der Waals surface area contributed by atoms with Crippen molar-refractivity contribution >= 4 is 5.82 Å². The molecule has 0 radical (unpaired) electrons. The molecular formula is C14H17N3O2. The van der Waals surface area contributed by atoms with E-state index in [1.165, 1.54) is 6.33 Å². The summed E-state index contributed by atoms with van der Waals surface area (Å²) in [6.45, 7) is 1.97. The van der Waals surface area contributed by atoms with Crippen LogP contribution in [0.3, 0.4) is 0 Å². The molecular weight excluding hydrogens is 242 g/mol. The van der Waals surface area contributed by atoms with Crippen LogP contribution in [0.1, 0.15) is 5.56 Å². The van der Waals surface area contributed by atoms with E-state index in [9.17, 15) is 0 Å². The van der Waals surface area contributed by atoms with Crippen LogP contribution in [-0.4, -0.2) is 31.2 Å². The fourth-order valence-corrected chi connectivity index (χ4v) is 1.97. The third-order valence-electron chi connectivity index (χ3n) is 2.98. The van der Waals surface area contributed by atoms with E-state index in [1.807, 2.05) is 32.2 Å². The lowest BCUT2D eigenvalue weighted by Crippen LogP contribution is -2.00. The van der Waals surface area contributed by atoms with E-state index in [4.69, 9.17) is 9.47 Å². The first-order chi connectivity index (χ1) is 9.21. The molecule has 5 nitrogen and oxygen atoms in total. The van der Waals surface area contributed by atoms with Crippen LogP contribution >= 0.6 is 0 Å². The van der Waals surface area contributed by atoms with Gasteiger partial charge in [-0.05, 0) is 25.1 Å². The monoisotopic (exact) mass is 259 g/mol. The Bertz CT molecular complexity index is 585. The summed E-state index contributed by atoms with van der Waals surface area (Å²) >= 11 is 0. The highest BCUT2D eigenvalue weighted by atomic mass is 16.5. The summed E-state index contributed by atoms with van der Waals surface area (Å²) in [5, 5.41) is 3.05. The zero-order chi connectivity index (χ0) is 13.8. The SMILES string of the molecule is CNc1ncnc(-c2cc(OC)ccc2OC)c1C. The molecule has 0 aliphatic carbocycles. The normalized spacial score (nSPS) is 10.1. The van der Waals surface area contributed by atoms with Gasteiger partial charge in [0.15, 0.2) is 0 Å². The van der Waals surface area contributed by atoms with E-state index in [0.29, 0.717) is 0 Å². The van der Waals surface area contributed by atoms with E-state index < -0.39 is 0 Å². The minimum Gasteiger partial charge on any atom is -0.497 e. The van der Waals surface area contributed by atoms with Gasteiger partial charge in [0.05, 0.1) is 19.9 Å². The van der Waals surface area contributed by atoms with E-state index in [2.05, 4.69) is 15.3 Å². The van der Waals surface area contributed by atoms with Gasteiger partial charge in [-0.2, -0.15) is 0 Å². The number of aromatic nitrogens is 2. The second kappa shape index (κ2) is 5.56. The van der Waals surface area contributed by atoms with Gasteiger partial charge < -0.3 is 14.8 Å². The first-order valence-corrected chi connectivity index (χ1v) is 5.93. The molecule has 1 aromatic carbocycles. The van der Waals surface area contributed by atoms with Gasteiger partial charge in [0.2, 0.25) is 0 Å². The third-order valence-corrected chi connectivity index (χ3v) is 2.98. The van der Waals surface area contributed by atoms with E-state index in [-0.39, 0.29) is 0 Å². The van der Waals surface area contributed by atoms with Gasteiger partial charge in [0, 0.05) is 18.2 Å². The number of anilines is 1. The number of hydrogen-bond donors (Lipinski definition) is 1. The highest BCUT2D eigenvalue weighted by molar-refractivity contribution is 5.74. The molecule has 0 saturated heterocycles. The number of rotatable bonds is 4. The number of benzene rings is 1. The summed E-state index contributed by atoms with van der Waals surface area (Å²) in [6, 6.07) is 5.64. The van der Waals surface area contributed by atoms with Gasteiger partial charge in [0.25, 0.3) is 0 Å². The summed E-state index contributed by atoms with van der Waals surface area (Å²) in [7, 11) is 5.11. The van der Waals surface area contributed by atoms with Crippen LogP contribution in [0, 0.1) is 6.92 Å². The molecule has 2 aromatic rings. The Hall–Kier alpha value is -2.30. The van der Waals surface area contributed by atoms with Crippen LogP contribution in [0.4, 0.5) is 5.82 Å². The molecule has 19 heavy (non-hydrogen) atoms. The average Bonchev–Trinajstić information content (AvgIpc) is 2.47. The van der Waals surface area contributed by atoms with Crippen molar-refractivity contribution < 1.29 is 9.47 Å². The van der Waals surface area contributed by atoms with Crippen molar-refractivity contribution in [3.8, 4) is 22.8 Å². The smallest absolute Gasteiger partial charge is 0.132 e. The number of nitrogens with zero attached hydrogens (tertiary/aromatic N) is 2. The second-order valence-electron chi connectivity index (χ2n) is 4.01. The molecule has 0 saturated carbocycles. The zero-order valence-electron chi connectivity index (χ0n) is 11.5. The van der Waals surface area contributed by atoms with Gasteiger partial charge in [0.1, 0.15) is 23.6 Å². The first-order valence-electron chi connectivity index (χ1n) is 5.93. The Kier molecular flexibility index (Phi) is 3.85. The lowest BCUT2D eigenvalue weighted by Gasteiger charge is -2.13. The summed E-state index contributed by atoms with van der Waals surface area (Å²) < 4.78 is 10.6. The lowest BCUT2D eigenvalue weighted by atomic mass is 10.1. The maximum Gasteiger partial charge on any atom is 0.132 e. The van der Waals surface area contributed by atoms with E-state index in [0.717, 1.165) is 34.1 Å². The van der Waals surface area contributed by atoms with Gasteiger partial charge in [-0.15, -0.1) is 0 Å². The minimum atomic E-state index is 0.754. The summed E-state index contributed by atoms with van der Waals surface area (Å²) in [6.07, 6.45) is 1.53. The van der Waals surface area contributed by atoms with Crippen molar-refractivity contribution in [1.82, 2.24) is 9.97 Å². The molecule has 1 heterocycles. The van der Waals surface area contributed by atoms with Crippen LogP contribution in [0.5, 0.6) is 11.5 Å². The van der Waals surface area contributed by atoms with Crippen molar-refractivity contribution in [3.63, 3.8) is 0 Å². The number of hydrogen-bond acceptors (Lipinski definition) is 5. The maximum atomic E-state index is 5.39. The topological polar surface area (TPSA) is 56.3 Å². The molecule has 2 rings (SSSR count). The molecule has 0 aliphatic rings. The van der Waals surface area contributed by atoms with Crippen LogP contribution in [-0.2, 0) is 0 Å². The number of nitrogens with one attached hydrogen (secondary N) is 1. The van der Waals surface area contributed by atoms with Gasteiger partial charge in [-0.1, -0.05) is 0 Å². The molecule has 0 unspecified atom stereocenters.